The molecule has 0 spiro atoms. The van der Waals surface area contributed by atoms with Crippen molar-refractivity contribution in [3.8, 4) is 0 Å². The maximum Gasteiger partial charge on any atom is 0.407 e. The smallest absolute Gasteiger partial charge is 0.407 e. The number of carbonyl (C=O) groups excluding carboxylic acids is 1. The van der Waals surface area contributed by atoms with Crippen LogP contribution in [-0.2, 0) is 16.1 Å². The summed E-state index contributed by atoms with van der Waals surface area (Å²) in [4.78, 5) is 11.4. The Balaban J connectivity index is 1.71. The fraction of sp³-hybridized carbons (Fsp3) is 0.417. The molecular weight excluding hydrogens is 222 g/mol. The van der Waals surface area contributed by atoms with Gasteiger partial charge in [0.1, 0.15) is 12.7 Å². The SMILES string of the molecule is O=C(N[C@@H]1CO[C@@H]1CO)OCc1ccccc1. The Morgan fingerprint density at radius 1 is 1.47 bits per heavy atom. The third-order valence-corrected chi connectivity index (χ3v) is 2.63. The summed E-state index contributed by atoms with van der Waals surface area (Å²) < 4.78 is 10.1. The van der Waals surface area contributed by atoms with Crippen LogP contribution >= 0.6 is 0 Å². The molecule has 1 amide bonds. The first-order valence-corrected chi connectivity index (χ1v) is 5.49. The molecule has 1 fully saturated rings. The Kier molecular flexibility index (Phi) is 3.95. The second-order valence-corrected chi connectivity index (χ2v) is 3.87. The van der Waals surface area contributed by atoms with E-state index in [-0.39, 0.29) is 25.4 Å². The van der Waals surface area contributed by atoms with Gasteiger partial charge in [-0.2, -0.15) is 0 Å². The first-order valence-electron chi connectivity index (χ1n) is 5.49. The molecule has 17 heavy (non-hydrogen) atoms. The van der Waals surface area contributed by atoms with Crippen molar-refractivity contribution in [2.75, 3.05) is 13.2 Å². The summed E-state index contributed by atoms with van der Waals surface area (Å²) in [6.07, 6.45) is -0.792. The lowest BCUT2D eigenvalue weighted by atomic mass is 10.1. The zero-order chi connectivity index (χ0) is 12.1. The van der Waals surface area contributed by atoms with Gasteiger partial charge in [0, 0.05) is 0 Å². The zero-order valence-electron chi connectivity index (χ0n) is 9.33. The predicted octanol–water partition coefficient (Wildman–Crippen LogP) is 0.672. The molecule has 1 aromatic rings. The minimum Gasteiger partial charge on any atom is -0.445 e. The quantitative estimate of drug-likeness (QED) is 0.807. The van der Waals surface area contributed by atoms with Gasteiger partial charge in [-0.3, -0.25) is 0 Å². The number of hydrogen-bond acceptors (Lipinski definition) is 4. The average molecular weight is 237 g/mol. The average Bonchev–Trinajstić information content (AvgIpc) is 2.34. The van der Waals surface area contributed by atoms with Gasteiger partial charge in [-0.15, -0.1) is 0 Å². The Hall–Kier alpha value is -1.59. The van der Waals surface area contributed by atoms with Gasteiger partial charge in [0.05, 0.1) is 19.3 Å². The van der Waals surface area contributed by atoms with Gasteiger partial charge in [-0.05, 0) is 5.56 Å². The van der Waals surface area contributed by atoms with Crippen LogP contribution in [0.3, 0.4) is 0 Å². The molecule has 2 atom stereocenters. The largest absolute Gasteiger partial charge is 0.445 e. The predicted molar refractivity (Wildman–Crippen MR) is 60.4 cm³/mol. The molecule has 1 aromatic carbocycles. The molecule has 0 saturated carbocycles. The van der Waals surface area contributed by atoms with E-state index in [2.05, 4.69) is 5.32 Å². The van der Waals surface area contributed by atoms with E-state index in [1.165, 1.54) is 0 Å². The maximum absolute atomic E-state index is 11.4. The maximum atomic E-state index is 11.4. The summed E-state index contributed by atoms with van der Waals surface area (Å²) in [5.41, 5.74) is 0.936. The normalized spacial score (nSPS) is 22.6. The van der Waals surface area contributed by atoms with E-state index in [1.54, 1.807) is 0 Å². The van der Waals surface area contributed by atoms with Gasteiger partial charge < -0.3 is 19.9 Å². The highest BCUT2D eigenvalue weighted by molar-refractivity contribution is 5.67. The molecule has 0 unspecified atom stereocenters. The highest BCUT2D eigenvalue weighted by atomic mass is 16.6. The number of hydrogen-bond donors (Lipinski definition) is 2. The third kappa shape index (κ3) is 3.18. The van der Waals surface area contributed by atoms with Gasteiger partial charge in [-0.1, -0.05) is 30.3 Å². The van der Waals surface area contributed by atoms with Crippen molar-refractivity contribution in [3.05, 3.63) is 35.9 Å². The molecule has 1 saturated heterocycles. The van der Waals surface area contributed by atoms with Crippen LogP contribution < -0.4 is 5.32 Å². The monoisotopic (exact) mass is 237 g/mol. The lowest BCUT2D eigenvalue weighted by Gasteiger charge is -2.35. The van der Waals surface area contributed by atoms with E-state index in [0.29, 0.717) is 6.61 Å². The summed E-state index contributed by atoms with van der Waals surface area (Å²) >= 11 is 0. The molecule has 5 heteroatoms. The van der Waals surface area contributed by atoms with Crippen molar-refractivity contribution in [1.29, 1.82) is 0 Å². The molecule has 2 N–H and O–H groups in total. The number of alkyl carbamates (subject to hydrolysis) is 1. The van der Waals surface area contributed by atoms with Crippen molar-refractivity contribution >= 4 is 6.09 Å². The number of rotatable bonds is 4. The van der Waals surface area contributed by atoms with Gasteiger partial charge in [0.2, 0.25) is 0 Å². The number of aliphatic hydroxyl groups is 1. The fourth-order valence-corrected chi connectivity index (χ4v) is 1.56. The van der Waals surface area contributed by atoms with E-state index >= 15 is 0 Å². The second-order valence-electron chi connectivity index (χ2n) is 3.87. The lowest BCUT2D eigenvalue weighted by molar-refractivity contribution is -0.107. The van der Waals surface area contributed by atoms with Crippen LogP contribution in [-0.4, -0.2) is 36.6 Å². The third-order valence-electron chi connectivity index (χ3n) is 2.63. The van der Waals surface area contributed by atoms with E-state index < -0.39 is 6.09 Å². The van der Waals surface area contributed by atoms with Crippen LogP contribution in [0.5, 0.6) is 0 Å². The molecule has 0 bridgehead atoms. The molecule has 0 aromatic heterocycles. The van der Waals surface area contributed by atoms with Crippen LogP contribution in [0.25, 0.3) is 0 Å². The summed E-state index contributed by atoms with van der Waals surface area (Å²) in [5, 5.41) is 11.5. The van der Waals surface area contributed by atoms with Crippen molar-refractivity contribution in [2.24, 2.45) is 0 Å². The molecule has 0 radical (unpaired) electrons. The molecule has 92 valence electrons. The Labute approximate surface area is 99.3 Å². The topological polar surface area (TPSA) is 67.8 Å². The van der Waals surface area contributed by atoms with Crippen LogP contribution in [0, 0.1) is 0 Å². The first-order chi connectivity index (χ1) is 8.29. The summed E-state index contributed by atoms with van der Waals surface area (Å²) in [6, 6.07) is 9.30. The van der Waals surface area contributed by atoms with Crippen LogP contribution in [0.15, 0.2) is 30.3 Å². The van der Waals surface area contributed by atoms with Crippen molar-refractivity contribution in [1.82, 2.24) is 5.32 Å². The van der Waals surface area contributed by atoms with Crippen LogP contribution in [0.1, 0.15) is 5.56 Å². The number of ether oxygens (including phenoxy) is 2. The van der Waals surface area contributed by atoms with Crippen molar-refractivity contribution < 1.29 is 19.4 Å². The number of carbonyl (C=O) groups is 1. The van der Waals surface area contributed by atoms with Crippen LogP contribution in [0.4, 0.5) is 4.79 Å². The zero-order valence-corrected chi connectivity index (χ0v) is 9.33. The molecule has 1 aliphatic heterocycles. The van der Waals surface area contributed by atoms with E-state index in [9.17, 15) is 4.79 Å². The van der Waals surface area contributed by atoms with E-state index in [4.69, 9.17) is 14.6 Å². The summed E-state index contributed by atoms with van der Waals surface area (Å²) in [5.74, 6) is 0. The van der Waals surface area contributed by atoms with Crippen LogP contribution in [0.2, 0.25) is 0 Å². The molecule has 0 aliphatic carbocycles. The molecular formula is C12H15NO4. The standard InChI is InChI=1S/C12H15NO4/c14-6-11-10(8-16-11)13-12(15)17-7-9-4-2-1-3-5-9/h1-5,10-11,14H,6-8H2,(H,13,15)/t10-,11-/m1/s1. The molecule has 1 aliphatic rings. The van der Waals surface area contributed by atoms with Crippen molar-refractivity contribution in [3.63, 3.8) is 0 Å². The lowest BCUT2D eigenvalue weighted by Crippen LogP contribution is -2.57. The van der Waals surface area contributed by atoms with Crippen molar-refractivity contribution in [2.45, 2.75) is 18.8 Å². The minimum absolute atomic E-state index is 0.0936. The summed E-state index contributed by atoms with van der Waals surface area (Å²) in [6.45, 7) is 0.569. The molecule has 1 heterocycles. The van der Waals surface area contributed by atoms with Gasteiger partial charge in [0.25, 0.3) is 0 Å². The van der Waals surface area contributed by atoms with Gasteiger partial charge in [-0.25, -0.2) is 4.79 Å². The number of nitrogens with one attached hydrogen (secondary N) is 1. The minimum atomic E-state index is -0.486. The van der Waals surface area contributed by atoms with E-state index in [0.717, 1.165) is 5.56 Å². The highest BCUT2D eigenvalue weighted by Crippen LogP contribution is 2.11. The first kappa shape index (κ1) is 11.9. The fourth-order valence-electron chi connectivity index (χ4n) is 1.56. The van der Waals surface area contributed by atoms with Gasteiger partial charge in [0.15, 0.2) is 0 Å². The van der Waals surface area contributed by atoms with E-state index in [1.807, 2.05) is 30.3 Å². The molecule has 2 rings (SSSR count). The summed E-state index contributed by atoms with van der Waals surface area (Å²) in [7, 11) is 0. The highest BCUT2D eigenvalue weighted by Gasteiger charge is 2.33. The molecule has 5 nitrogen and oxygen atoms in total. The Morgan fingerprint density at radius 2 is 2.24 bits per heavy atom. The number of benzene rings is 1. The second kappa shape index (κ2) is 5.65. The Bertz CT molecular complexity index is 366. The number of aliphatic hydroxyl groups excluding tert-OH is 1. The Morgan fingerprint density at radius 3 is 2.82 bits per heavy atom. The van der Waals surface area contributed by atoms with Gasteiger partial charge >= 0.3 is 6.09 Å². The number of amides is 1.